The molecule has 6 rings (SSSR count). The van der Waals surface area contributed by atoms with Gasteiger partial charge in [0, 0.05) is 36.4 Å². The van der Waals surface area contributed by atoms with E-state index in [-0.39, 0.29) is 18.5 Å². The zero-order valence-corrected chi connectivity index (χ0v) is 23.4. The molecule has 8 heteroatoms. The normalized spacial score (nSPS) is 16.1. The quantitative estimate of drug-likeness (QED) is 0.314. The molecule has 1 fully saturated rings. The lowest BCUT2D eigenvalue weighted by atomic mass is 9.74. The highest BCUT2D eigenvalue weighted by Gasteiger charge is 2.53. The van der Waals surface area contributed by atoms with E-state index in [0.29, 0.717) is 31.5 Å². The number of nitrogens with zero attached hydrogens (tertiary/aromatic N) is 5. The van der Waals surface area contributed by atoms with Crippen molar-refractivity contribution in [2.75, 3.05) is 18.0 Å². The first-order valence-corrected chi connectivity index (χ1v) is 13.8. The van der Waals surface area contributed by atoms with Crippen molar-refractivity contribution >= 4 is 28.5 Å². The topological polar surface area (TPSA) is 99.4 Å². The second kappa shape index (κ2) is 10.0. The molecule has 2 aromatic heterocycles. The molecule has 4 heterocycles. The van der Waals surface area contributed by atoms with E-state index in [1.807, 2.05) is 63.4 Å². The van der Waals surface area contributed by atoms with Crippen LogP contribution in [0.2, 0.25) is 0 Å². The van der Waals surface area contributed by atoms with Crippen LogP contribution in [-0.2, 0) is 21.5 Å². The Morgan fingerprint density at radius 2 is 1.78 bits per heavy atom. The fourth-order valence-corrected chi connectivity index (χ4v) is 6.03. The van der Waals surface area contributed by atoms with E-state index in [2.05, 4.69) is 17.1 Å². The molecule has 0 bridgehead atoms. The van der Waals surface area contributed by atoms with Gasteiger partial charge in [-0.05, 0) is 68.3 Å². The maximum Gasteiger partial charge on any atom is 0.410 e. The first kappa shape index (κ1) is 26.5. The largest absolute Gasteiger partial charge is 0.444 e. The number of anilines is 1. The Bertz CT molecular complexity index is 1690. The maximum absolute atomic E-state index is 14.3. The summed E-state index contributed by atoms with van der Waals surface area (Å²) >= 11 is 0. The standard InChI is InChI=1S/C33H31N5O3/c1-32(2,3)41-31(40)37-16-13-33(14-17-37)26-12-15-35-20-28(26)38(30(33)39)21-27-29(23-10-8-22(18-34)9-11-23)25-7-5-4-6-24(25)19-36-27/h4-12,15,19-20H,13-14,16-17,21H2,1-3H3. The number of benzene rings is 2. The predicted octanol–water partition coefficient (Wildman–Crippen LogP) is 5.98. The van der Waals surface area contributed by atoms with Gasteiger partial charge in [0.05, 0.1) is 41.2 Å². The molecular formula is C33H31N5O3. The number of carbonyl (C=O) groups excluding carboxylic acids is 2. The second-order valence-corrected chi connectivity index (χ2v) is 11.7. The van der Waals surface area contributed by atoms with Gasteiger partial charge in [-0.2, -0.15) is 5.26 Å². The van der Waals surface area contributed by atoms with Crippen molar-refractivity contribution in [3.8, 4) is 17.2 Å². The van der Waals surface area contributed by atoms with Crippen LogP contribution in [0.5, 0.6) is 0 Å². The Labute approximate surface area is 239 Å². The van der Waals surface area contributed by atoms with Gasteiger partial charge in [0.25, 0.3) is 0 Å². The Kier molecular flexibility index (Phi) is 6.46. The molecule has 0 unspecified atom stereocenters. The highest BCUT2D eigenvalue weighted by atomic mass is 16.6. The van der Waals surface area contributed by atoms with E-state index in [1.165, 1.54) is 0 Å². The third kappa shape index (κ3) is 4.67. The van der Waals surface area contributed by atoms with Gasteiger partial charge in [0.15, 0.2) is 0 Å². The summed E-state index contributed by atoms with van der Waals surface area (Å²) in [4.78, 5) is 39.8. The minimum atomic E-state index is -0.734. The fourth-order valence-electron chi connectivity index (χ4n) is 6.03. The summed E-state index contributed by atoms with van der Waals surface area (Å²) in [5.74, 6) is 0.00470. The molecule has 0 N–H and O–H groups in total. The SMILES string of the molecule is CC(C)(C)OC(=O)N1CCC2(CC1)C(=O)N(Cc1ncc3ccccc3c1-c1ccc(C#N)cc1)c1cnccc12. The van der Waals surface area contributed by atoms with Gasteiger partial charge in [-0.1, -0.05) is 36.4 Å². The average molecular weight is 546 g/mol. The van der Waals surface area contributed by atoms with Gasteiger partial charge in [-0.25, -0.2) is 4.79 Å². The Morgan fingerprint density at radius 1 is 1.05 bits per heavy atom. The number of carbonyl (C=O) groups is 2. The summed E-state index contributed by atoms with van der Waals surface area (Å²) < 4.78 is 5.59. The van der Waals surface area contributed by atoms with Gasteiger partial charge >= 0.3 is 6.09 Å². The first-order valence-electron chi connectivity index (χ1n) is 13.8. The third-order valence-corrected chi connectivity index (χ3v) is 8.02. The Hall–Kier alpha value is -4.77. The van der Waals surface area contributed by atoms with Crippen molar-refractivity contribution in [3.05, 3.63) is 90.0 Å². The number of aromatic nitrogens is 2. The molecule has 0 saturated carbocycles. The van der Waals surface area contributed by atoms with Crippen molar-refractivity contribution in [2.24, 2.45) is 0 Å². The van der Waals surface area contributed by atoms with Crippen LogP contribution in [0.15, 0.2) is 73.2 Å². The molecule has 41 heavy (non-hydrogen) atoms. The van der Waals surface area contributed by atoms with Gasteiger partial charge in [-0.15, -0.1) is 0 Å². The van der Waals surface area contributed by atoms with Crippen LogP contribution < -0.4 is 4.90 Å². The fraction of sp³-hybridized carbons (Fsp3) is 0.303. The van der Waals surface area contributed by atoms with E-state index in [0.717, 1.165) is 38.8 Å². The highest BCUT2D eigenvalue weighted by molar-refractivity contribution is 6.08. The van der Waals surface area contributed by atoms with Gasteiger partial charge in [0.1, 0.15) is 5.60 Å². The number of nitriles is 1. The summed E-state index contributed by atoms with van der Waals surface area (Å²) in [6.07, 6.45) is 5.99. The monoisotopic (exact) mass is 545 g/mol. The first-order chi connectivity index (χ1) is 19.7. The summed E-state index contributed by atoms with van der Waals surface area (Å²) in [5.41, 5.74) is 3.63. The molecule has 0 aliphatic carbocycles. The molecule has 2 aliphatic heterocycles. The molecule has 2 aliphatic rings. The van der Waals surface area contributed by atoms with Crippen molar-refractivity contribution < 1.29 is 14.3 Å². The smallest absolute Gasteiger partial charge is 0.410 e. The average Bonchev–Trinajstić information content (AvgIpc) is 3.19. The zero-order chi connectivity index (χ0) is 28.8. The Balaban J connectivity index is 1.36. The number of piperidine rings is 1. The van der Waals surface area contributed by atoms with Crippen LogP contribution in [0.4, 0.5) is 10.5 Å². The van der Waals surface area contributed by atoms with Crippen molar-refractivity contribution in [1.29, 1.82) is 5.26 Å². The van der Waals surface area contributed by atoms with E-state index in [1.54, 1.807) is 34.3 Å². The van der Waals surface area contributed by atoms with Crippen LogP contribution in [0.3, 0.4) is 0 Å². The Morgan fingerprint density at radius 3 is 2.49 bits per heavy atom. The van der Waals surface area contributed by atoms with Crippen LogP contribution in [0, 0.1) is 11.3 Å². The minimum absolute atomic E-state index is 0.00470. The highest BCUT2D eigenvalue weighted by Crippen LogP contribution is 2.48. The van der Waals surface area contributed by atoms with Gasteiger partial charge < -0.3 is 14.5 Å². The summed E-state index contributed by atoms with van der Waals surface area (Å²) in [6, 6.07) is 19.6. The minimum Gasteiger partial charge on any atom is -0.444 e. The van der Waals surface area contributed by atoms with Crippen LogP contribution in [-0.4, -0.2) is 45.6 Å². The van der Waals surface area contributed by atoms with Crippen LogP contribution in [0.25, 0.3) is 21.9 Å². The molecule has 0 atom stereocenters. The number of ether oxygens (including phenoxy) is 1. The maximum atomic E-state index is 14.3. The van der Waals surface area contributed by atoms with Crippen LogP contribution >= 0.6 is 0 Å². The van der Waals surface area contributed by atoms with Gasteiger partial charge in [0.2, 0.25) is 5.91 Å². The van der Waals surface area contributed by atoms with Crippen molar-refractivity contribution in [2.45, 2.75) is 51.2 Å². The number of pyridine rings is 2. The summed E-state index contributed by atoms with van der Waals surface area (Å²) in [7, 11) is 0. The third-order valence-electron chi connectivity index (χ3n) is 8.02. The van der Waals surface area contributed by atoms with Gasteiger partial charge in [-0.3, -0.25) is 14.8 Å². The van der Waals surface area contributed by atoms with Crippen molar-refractivity contribution in [1.82, 2.24) is 14.9 Å². The molecule has 1 saturated heterocycles. The van der Waals surface area contributed by atoms with E-state index in [4.69, 9.17) is 9.72 Å². The predicted molar refractivity (Wildman–Crippen MR) is 156 cm³/mol. The van der Waals surface area contributed by atoms with E-state index >= 15 is 0 Å². The molecule has 206 valence electrons. The molecule has 2 amide bonds. The molecule has 0 radical (unpaired) electrons. The van der Waals surface area contributed by atoms with Crippen molar-refractivity contribution in [3.63, 3.8) is 0 Å². The number of fused-ring (bicyclic) bond motifs is 3. The number of rotatable bonds is 3. The van der Waals surface area contributed by atoms with E-state index in [9.17, 15) is 14.9 Å². The molecule has 1 spiro atoms. The molecule has 4 aromatic rings. The molecule has 2 aromatic carbocycles. The molecule has 8 nitrogen and oxygen atoms in total. The number of amides is 2. The zero-order valence-electron chi connectivity index (χ0n) is 23.4. The van der Waals surface area contributed by atoms with E-state index < -0.39 is 11.0 Å². The lowest BCUT2D eigenvalue weighted by Gasteiger charge is -2.38. The second-order valence-electron chi connectivity index (χ2n) is 11.7. The number of likely N-dealkylation sites (tertiary alicyclic amines) is 1. The summed E-state index contributed by atoms with van der Waals surface area (Å²) in [6.45, 7) is 6.69. The lowest BCUT2D eigenvalue weighted by molar-refractivity contribution is -0.125. The number of hydrogen-bond donors (Lipinski definition) is 0. The lowest BCUT2D eigenvalue weighted by Crippen LogP contribution is -2.50. The summed E-state index contributed by atoms with van der Waals surface area (Å²) in [5, 5.41) is 11.3. The molecular weight excluding hydrogens is 514 g/mol. The van der Waals surface area contributed by atoms with Crippen LogP contribution in [0.1, 0.15) is 50.4 Å². The number of hydrogen-bond acceptors (Lipinski definition) is 6.